The van der Waals surface area contributed by atoms with Gasteiger partial charge in [0, 0.05) is 6.42 Å². The van der Waals surface area contributed by atoms with E-state index in [-0.39, 0.29) is 0 Å². The van der Waals surface area contributed by atoms with Gasteiger partial charge in [-0.1, -0.05) is 24.3 Å². The van der Waals surface area contributed by atoms with Gasteiger partial charge in [0.05, 0.1) is 10.2 Å². The summed E-state index contributed by atoms with van der Waals surface area (Å²) < 4.78 is 3.20. The Morgan fingerprint density at radius 3 is 3.07 bits per heavy atom. The maximum Gasteiger partial charge on any atom is 0.213 e. The predicted octanol–water partition coefficient (Wildman–Crippen LogP) is 2.81. The van der Waals surface area contributed by atoms with E-state index in [0.29, 0.717) is 0 Å². The first-order valence-electron chi connectivity index (χ1n) is 5.02. The third kappa shape index (κ3) is 1.25. The molecule has 76 valence electrons. The molecule has 15 heavy (non-hydrogen) atoms. The molecule has 0 saturated heterocycles. The Bertz CT molecular complexity index is 636. The Hall–Kier alpha value is -1.42. The molecular formula is C11H11N3S. The van der Waals surface area contributed by atoms with Crippen molar-refractivity contribution in [2.24, 2.45) is 0 Å². The first kappa shape index (κ1) is 8.85. The molecule has 0 spiro atoms. The highest BCUT2D eigenvalue weighted by Crippen LogP contribution is 2.25. The lowest BCUT2D eigenvalue weighted by Crippen LogP contribution is -1.87. The van der Waals surface area contributed by atoms with Crippen molar-refractivity contribution < 1.29 is 0 Å². The number of nitrogens with zero attached hydrogens (tertiary/aromatic N) is 3. The zero-order valence-corrected chi connectivity index (χ0v) is 9.51. The molecule has 0 amide bonds. The quantitative estimate of drug-likeness (QED) is 0.627. The Kier molecular flexibility index (Phi) is 1.79. The van der Waals surface area contributed by atoms with Crippen molar-refractivity contribution in [3.05, 3.63) is 29.6 Å². The fourth-order valence-electron chi connectivity index (χ4n) is 1.69. The average molecular weight is 217 g/mol. The number of aromatic nitrogens is 3. The molecule has 0 N–H and O–H groups in total. The van der Waals surface area contributed by atoms with Gasteiger partial charge >= 0.3 is 0 Å². The molecule has 3 rings (SSSR count). The summed E-state index contributed by atoms with van der Waals surface area (Å²) in [4.78, 5) is 5.46. The Labute approximate surface area is 91.4 Å². The van der Waals surface area contributed by atoms with Crippen LogP contribution in [0.25, 0.3) is 15.2 Å². The van der Waals surface area contributed by atoms with Crippen LogP contribution in [0.2, 0.25) is 0 Å². The molecule has 0 unspecified atom stereocenters. The number of aryl methyl sites for hydroxylation is 2. The van der Waals surface area contributed by atoms with E-state index in [2.05, 4.69) is 42.1 Å². The van der Waals surface area contributed by atoms with Gasteiger partial charge in [0.1, 0.15) is 0 Å². The highest BCUT2D eigenvalue weighted by molar-refractivity contribution is 7.23. The summed E-state index contributed by atoms with van der Waals surface area (Å²) in [5, 5.41) is 4.48. The molecule has 0 saturated carbocycles. The Morgan fingerprint density at radius 2 is 2.27 bits per heavy atom. The minimum atomic E-state index is 0.891. The second-order valence-corrected chi connectivity index (χ2v) is 4.66. The van der Waals surface area contributed by atoms with Crippen LogP contribution in [0.4, 0.5) is 0 Å². The minimum absolute atomic E-state index is 0.891. The summed E-state index contributed by atoms with van der Waals surface area (Å²) in [6.07, 6.45) is 0.891. The lowest BCUT2D eigenvalue weighted by Gasteiger charge is -1.92. The fourth-order valence-corrected chi connectivity index (χ4v) is 2.65. The summed E-state index contributed by atoms with van der Waals surface area (Å²) in [5.74, 6) is 0.921. The van der Waals surface area contributed by atoms with Gasteiger partial charge in [0.2, 0.25) is 4.96 Å². The molecule has 0 fully saturated rings. The molecule has 0 bridgehead atoms. The van der Waals surface area contributed by atoms with E-state index in [9.17, 15) is 0 Å². The van der Waals surface area contributed by atoms with Crippen LogP contribution in [0.15, 0.2) is 18.2 Å². The Balaban J connectivity index is 2.42. The van der Waals surface area contributed by atoms with Crippen LogP contribution >= 0.6 is 11.3 Å². The smallest absolute Gasteiger partial charge is 0.203 e. The molecule has 0 aliphatic rings. The van der Waals surface area contributed by atoms with Gasteiger partial charge in [-0.2, -0.15) is 5.10 Å². The lowest BCUT2D eigenvalue weighted by atomic mass is 10.2. The summed E-state index contributed by atoms with van der Waals surface area (Å²) >= 11 is 1.70. The SMILES string of the molecule is CCc1nc2sc3ccc(C)cc3n2n1. The summed E-state index contributed by atoms with van der Waals surface area (Å²) in [6, 6.07) is 6.42. The number of fused-ring (bicyclic) bond motifs is 3. The highest BCUT2D eigenvalue weighted by Gasteiger charge is 2.08. The van der Waals surface area contributed by atoms with E-state index in [1.165, 1.54) is 15.8 Å². The third-order valence-electron chi connectivity index (χ3n) is 2.48. The van der Waals surface area contributed by atoms with E-state index in [1.807, 2.05) is 4.52 Å². The van der Waals surface area contributed by atoms with E-state index < -0.39 is 0 Å². The predicted molar refractivity (Wildman–Crippen MR) is 62.5 cm³/mol. The summed E-state index contributed by atoms with van der Waals surface area (Å²) in [7, 11) is 0. The van der Waals surface area contributed by atoms with Gasteiger partial charge in [0.25, 0.3) is 0 Å². The molecule has 0 atom stereocenters. The van der Waals surface area contributed by atoms with Crippen molar-refractivity contribution in [2.45, 2.75) is 20.3 Å². The Morgan fingerprint density at radius 1 is 1.40 bits per heavy atom. The highest BCUT2D eigenvalue weighted by atomic mass is 32.1. The van der Waals surface area contributed by atoms with Crippen LogP contribution < -0.4 is 0 Å². The zero-order chi connectivity index (χ0) is 10.4. The second kappa shape index (κ2) is 3.03. The first-order chi connectivity index (χ1) is 7.28. The van der Waals surface area contributed by atoms with Gasteiger partial charge in [-0.05, 0) is 24.6 Å². The van der Waals surface area contributed by atoms with Crippen LogP contribution in [0.3, 0.4) is 0 Å². The zero-order valence-electron chi connectivity index (χ0n) is 8.69. The molecule has 0 aliphatic carbocycles. The summed E-state index contributed by atoms with van der Waals surface area (Å²) in [5.41, 5.74) is 2.43. The van der Waals surface area contributed by atoms with Gasteiger partial charge < -0.3 is 0 Å². The topological polar surface area (TPSA) is 30.2 Å². The van der Waals surface area contributed by atoms with Crippen molar-refractivity contribution in [1.29, 1.82) is 0 Å². The van der Waals surface area contributed by atoms with Gasteiger partial charge in [0.15, 0.2) is 5.82 Å². The van der Waals surface area contributed by atoms with Crippen LogP contribution in [0.5, 0.6) is 0 Å². The van der Waals surface area contributed by atoms with Crippen LogP contribution in [-0.4, -0.2) is 14.6 Å². The van der Waals surface area contributed by atoms with Crippen molar-refractivity contribution >= 4 is 26.5 Å². The van der Waals surface area contributed by atoms with Crippen LogP contribution in [-0.2, 0) is 6.42 Å². The van der Waals surface area contributed by atoms with Gasteiger partial charge in [-0.3, -0.25) is 0 Å². The molecule has 1 aromatic carbocycles. The molecule has 4 heteroatoms. The molecule has 2 heterocycles. The van der Waals surface area contributed by atoms with Crippen LogP contribution in [0.1, 0.15) is 18.3 Å². The standard InChI is InChI=1S/C11H11N3S/c1-3-10-12-11-14(13-10)8-6-7(2)4-5-9(8)15-11/h4-6H,3H2,1-2H3. The van der Waals surface area contributed by atoms with Crippen molar-refractivity contribution in [3.8, 4) is 0 Å². The molecular weight excluding hydrogens is 206 g/mol. The summed E-state index contributed by atoms with van der Waals surface area (Å²) in [6.45, 7) is 4.17. The number of benzene rings is 1. The van der Waals surface area contributed by atoms with Gasteiger partial charge in [-0.15, -0.1) is 0 Å². The van der Waals surface area contributed by atoms with Crippen molar-refractivity contribution in [1.82, 2.24) is 14.6 Å². The monoisotopic (exact) mass is 217 g/mol. The van der Waals surface area contributed by atoms with Gasteiger partial charge in [-0.25, -0.2) is 9.50 Å². The first-order valence-corrected chi connectivity index (χ1v) is 5.84. The number of hydrogen-bond acceptors (Lipinski definition) is 3. The van der Waals surface area contributed by atoms with E-state index in [1.54, 1.807) is 11.3 Å². The molecule has 0 aliphatic heterocycles. The second-order valence-electron chi connectivity index (χ2n) is 3.65. The number of thiazole rings is 1. The fraction of sp³-hybridized carbons (Fsp3) is 0.273. The van der Waals surface area contributed by atoms with Crippen molar-refractivity contribution in [3.63, 3.8) is 0 Å². The maximum absolute atomic E-state index is 4.48. The maximum atomic E-state index is 4.48. The molecule has 2 aromatic heterocycles. The van der Waals surface area contributed by atoms with Crippen LogP contribution in [0, 0.1) is 6.92 Å². The largest absolute Gasteiger partial charge is 0.213 e. The lowest BCUT2D eigenvalue weighted by molar-refractivity contribution is 0.909. The van der Waals surface area contributed by atoms with Crippen molar-refractivity contribution in [2.75, 3.05) is 0 Å². The third-order valence-corrected chi connectivity index (χ3v) is 3.49. The molecule has 3 aromatic rings. The normalized spacial score (nSPS) is 11.6. The van der Waals surface area contributed by atoms with E-state index >= 15 is 0 Å². The van der Waals surface area contributed by atoms with E-state index in [4.69, 9.17) is 0 Å². The van der Waals surface area contributed by atoms with E-state index in [0.717, 1.165) is 17.2 Å². The average Bonchev–Trinajstić information content (AvgIpc) is 2.75. The minimum Gasteiger partial charge on any atom is -0.203 e. The molecule has 0 radical (unpaired) electrons. The number of rotatable bonds is 1. The molecule has 3 nitrogen and oxygen atoms in total. The number of hydrogen-bond donors (Lipinski definition) is 0.